The fourth-order valence-electron chi connectivity index (χ4n) is 2.03. The van der Waals surface area contributed by atoms with Gasteiger partial charge in [0.15, 0.2) is 5.69 Å². The van der Waals surface area contributed by atoms with Gasteiger partial charge in [0.2, 0.25) is 0 Å². The molecule has 0 aliphatic heterocycles. The van der Waals surface area contributed by atoms with Crippen molar-refractivity contribution in [1.29, 1.82) is 0 Å². The van der Waals surface area contributed by atoms with Crippen LogP contribution in [0.15, 0.2) is 36.5 Å². The largest absolute Gasteiger partial charge is 0.497 e. The van der Waals surface area contributed by atoms with Crippen LogP contribution in [-0.4, -0.2) is 39.9 Å². The number of carbonyl (C=O) groups is 2. The van der Waals surface area contributed by atoms with E-state index >= 15 is 0 Å². The van der Waals surface area contributed by atoms with E-state index in [-0.39, 0.29) is 24.1 Å². The first kappa shape index (κ1) is 16.5. The molecule has 0 spiro atoms. The molecule has 0 bridgehead atoms. The third-order valence-electron chi connectivity index (χ3n) is 3.33. The van der Waals surface area contributed by atoms with Crippen LogP contribution in [0.4, 0.5) is 0 Å². The van der Waals surface area contributed by atoms with Crippen molar-refractivity contribution < 1.29 is 19.4 Å². The highest BCUT2D eigenvalue weighted by molar-refractivity contribution is 5.92. The van der Waals surface area contributed by atoms with Gasteiger partial charge in [-0.15, -0.1) is 0 Å². The minimum absolute atomic E-state index is 0.0156. The second-order valence-electron chi connectivity index (χ2n) is 5.15. The summed E-state index contributed by atoms with van der Waals surface area (Å²) >= 11 is 0. The molecule has 0 aliphatic carbocycles. The minimum atomic E-state index is -0.880. The second-order valence-corrected chi connectivity index (χ2v) is 5.15. The maximum absolute atomic E-state index is 12.1. The summed E-state index contributed by atoms with van der Waals surface area (Å²) in [5.74, 6) is -0.462. The number of rotatable bonds is 7. The molecule has 7 heteroatoms. The maximum atomic E-state index is 12.1. The lowest BCUT2D eigenvalue weighted by Gasteiger charge is -2.11. The molecule has 0 saturated heterocycles. The number of ether oxygens (including phenoxy) is 1. The summed E-state index contributed by atoms with van der Waals surface area (Å²) in [5.41, 5.74) is 1.09. The predicted octanol–water partition coefficient (Wildman–Crippen LogP) is 1.86. The highest BCUT2D eigenvalue weighted by Gasteiger charge is 2.14. The number of aromatic nitrogens is 2. The molecule has 23 heavy (non-hydrogen) atoms. The standard InChI is InChI=1S/C16H19N3O4/c1-11(3-8-15(20)21)17-16(22)14-9-10-19(18-14)12-4-6-13(23-2)7-5-12/h4-7,9-11H,3,8H2,1-2H3,(H,17,22)(H,20,21). The van der Waals surface area contributed by atoms with Crippen molar-refractivity contribution >= 4 is 11.9 Å². The van der Waals surface area contributed by atoms with Crippen LogP contribution < -0.4 is 10.1 Å². The molecule has 1 atom stereocenters. The summed E-state index contributed by atoms with van der Waals surface area (Å²) in [7, 11) is 1.59. The van der Waals surface area contributed by atoms with E-state index in [0.717, 1.165) is 11.4 Å². The van der Waals surface area contributed by atoms with Crippen LogP contribution >= 0.6 is 0 Å². The number of carboxylic acid groups (broad SMARTS) is 1. The Hall–Kier alpha value is -2.83. The summed E-state index contributed by atoms with van der Waals surface area (Å²) in [5, 5.41) is 15.6. The van der Waals surface area contributed by atoms with Gasteiger partial charge in [-0.3, -0.25) is 9.59 Å². The summed E-state index contributed by atoms with van der Waals surface area (Å²) in [6.45, 7) is 1.77. The van der Waals surface area contributed by atoms with Crippen molar-refractivity contribution in [2.45, 2.75) is 25.8 Å². The molecule has 1 aromatic heterocycles. The minimum Gasteiger partial charge on any atom is -0.497 e. The summed E-state index contributed by atoms with van der Waals surface area (Å²) < 4.78 is 6.69. The van der Waals surface area contributed by atoms with Crippen LogP contribution in [-0.2, 0) is 4.79 Å². The molecule has 1 aromatic carbocycles. The van der Waals surface area contributed by atoms with Crippen LogP contribution in [0.25, 0.3) is 5.69 Å². The third kappa shape index (κ3) is 4.57. The van der Waals surface area contributed by atoms with Crippen LogP contribution in [0.3, 0.4) is 0 Å². The van der Waals surface area contributed by atoms with Crippen molar-refractivity contribution in [2.24, 2.45) is 0 Å². The Balaban J connectivity index is 2.00. The lowest BCUT2D eigenvalue weighted by atomic mass is 10.2. The fourth-order valence-corrected chi connectivity index (χ4v) is 2.03. The zero-order valence-corrected chi connectivity index (χ0v) is 13.0. The molecule has 1 heterocycles. The number of nitrogens with zero attached hydrogens (tertiary/aromatic N) is 2. The SMILES string of the molecule is COc1ccc(-n2ccc(C(=O)NC(C)CCC(=O)O)n2)cc1. The molecule has 0 aliphatic rings. The Morgan fingerprint density at radius 3 is 2.61 bits per heavy atom. The third-order valence-corrected chi connectivity index (χ3v) is 3.33. The van der Waals surface area contributed by atoms with Crippen molar-refractivity contribution in [3.63, 3.8) is 0 Å². The topological polar surface area (TPSA) is 93.5 Å². The highest BCUT2D eigenvalue weighted by Crippen LogP contribution is 2.14. The monoisotopic (exact) mass is 317 g/mol. The van der Waals surface area contributed by atoms with Gasteiger partial charge in [0.25, 0.3) is 5.91 Å². The highest BCUT2D eigenvalue weighted by atomic mass is 16.5. The number of carbonyl (C=O) groups excluding carboxylic acids is 1. The number of hydrogen-bond acceptors (Lipinski definition) is 4. The molecule has 1 unspecified atom stereocenters. The van der Waals surface area contributed by atoms with Gasteiger partial charge in [-0.05, 0) is 43.7 Å². The van der Waals surface area contributed by atoms with Gasteiger partial charge >= 0.3 is 5.97 Å². The molecular weight excluding hydrogens is 298 g/mol. The average Bonchev–Trinajstić information content (AvgIpc) is 3.03. The van der Waals surface area contributed by atoms with Gasteiger partial charge in [0.1, 0.15) is 5.75 Å². The van der Waals surface area contributed by atoms with E-state index in [4.69, 9.17) is 9.84 Å². The molecule has 2 aromatic rings. The van der Waals surface area contributed by atoms with Gasteiger partial charge in [-0.25, -0.2) is 4.68 Å². The van der Waals surface area contributed by atoms with E-state index in [1.54, 1.807) is 31.0 Å². The molecule has 0 radical (unpaired) electrons. The van der Waals surface area contributed by atoms with Gasteiger partial charge in [-0.2, -0.15) is 5.10 Å². The molecule has 0 saturated carbocycles. The van der Waals surface area contributed by atoms with Gasteiger partial charge in [-0.1, -0.05) is 0 Å². The Kier molecular flexibility index (Phi) is 5.35. The molecule has 2 N–H and O–H groups in total. The number of benzene rings is 1. The zero-order valence-electron chi connectivity index (χ0n) is 13.0. The van der Waals surface area contributed by atoms with E-state index in [1.165, 1.54) is 0 Å². The molecule has 2 rings (SSSR count). The van der Waals surface area contributed by atoms with E-state index < -0.39 is 5.97 Å². The molecule has 1 amide bonds. The first-order valence-corrected chi connectivity index (χ1v) is 7.22. The lowest BCUT2D eigenvalue weighted by Crippen LogP contribution is -2.33. The van der Waals surface area contributed by atoms with Crippen LogP contribution in [0, 0.1) is 0 Å². The summed E-state index contributed by atoms with van der Waals surface area (Å²) in [6.07, 6.45) is 2.08. The van der Waals surface area contributed by atoms with E-state index in [0.29, 0.717) is 6.42 Å². The molecular formula is C16H19N3O4. The average molecular weight is 317 g/mol. The Bertz CT molecular complexity index is 679. The van der Waals surface area contributed by atoms with Crippen molar-refractivity contribution in [1.82, 2.24) is 15.1 Å². The first-order valence-electron chi connectivity index (χ1n) is 7.22. The smallest absolute Gasteiger partial charge is 0.303 e. The van der Waals surface area contributed by atoms with Gasteiger partial charge < -0.3 is 15.2 Å². The first-order chi connectivity index (χ1) is 11.0. The van der Waals surface area contributed by atoms with Gasteiger partial charge in [0.05, 0.1) is 12.8 Å². The second kappa shape index (κ2) is 7.44. The van der Waals surface area contributed by atoms with E-state index in [9.17, 15) is 9.59 Å². The molecule has 7 nitrogen and oxygen atoms in total. The predicted molar refractivity (Wildman–Crippen MR) is 83.9 cm³/mol. The zero-order chi connectivity index (χ0) is 16.8. The van der Waals surface area contributed by atoms with Crippen molar-refractivity contribution in [2.75, 3.05) is 7.11 Å². The number of carboxylic acids is 1. The fraction of sp³-hybridized carbons (Fsp3) is 0.312. The Morgan fingerprint density at radius 2 is 2.00 bits per heavy atom. The number of hydrogen-bond donors (Lipinski definition) is 2. The maximum Gasteiger partial charge on any atom is 0.303 e. The quantitative estimate of drug-likeness (QED) is 0.813. The molecule has 122 valence electrons. The van der Waals surface area contributed by atoms with Crippen LogP contribution in [0.2, 0.25) is 0 Å². The lowest BCUT2D eigenvalue weighted by molar-refractivity contribution is -0.137. The Morgan fingerprint density at radius 1 is 1.30 bits per heavy atom. The van der Waals surface area contributed by atoms with E-state index in [1.807, 2.05) is 24.3 Å². The number of amides is 1. The van der Waals surface area contributed by atoms with E-state index in [2.05, 4.69) is 10.4 Å². The number of aliphatic carboxylic acids is 1. The number of nitrogens with one attached hydrogen (secondary N) is 1. The number of methoxy groups -OCH3 is 1. The summed E-state index contributed by atoms with van der Waals surface area (Å²) in [6, 6.07) is 8.68. The summed E-state index contributed by atoms with van der Waals surface area (Å²) in [4.78, 5) is 22.6. The van der Waals surface area contributed by atoms with Crippen molar-refractivity contribution in [3.8, 4) is 11.4 Å². The van der Waals surface area contributed by atoms with Crippen LogP contribution in [0.5, 0.6) is 5.75 Å². The van der Waals surface area contributed by atoms with Crippen molar-refractivity contribution in [3.05, 3.63) is 42.2 Å². The molecule has 0 fully saturated rings. The normalized spacial score (nSPS) is 11.7. The van der Waals surface area contributed by atoms with Gasteiger partial charge in [0, 0.05) is 18.7 Å². The Labute approximate surface area is 133 Å². The van der Waals surface area contributed by atoms with Crippen LogP contribution in [0.1, 0.15) is 30.3 Å².